The Balaban J connectivity index is 1.60. The normalized spacial score (nSPS) is 17.9. The lowest BCUT2D eigenvalue weighted by atomic mass is 9.88. The van der Waals surface area contributed by atoms with Crippen molar-refractivity contribution in [1.82, 2.24) is 4.72 Å². The van der Waals surface area contributed by atoms with E-state index in [1.807, 2.05) is 12.1 Å². The Morgan fingerprint density at radius 2 is 1.51 bits per heavy atom. The molecule has 0 spiro atoms. The number of hydrogen-bond donors (Lipinski definition) is 1. The zero-order valence-corrected chi connectivity index (χ0v) is 20.2. The fraction of sp³-hybridized carbons (Fsp3) is 0.148. The molecule has 0 saturated heterocycles. The molecule has 8 heteroatoms. The minimum atomic E-state index is -4.16. The molecular weight excluding hydrogens is 484 g/mol. The lowest BCUT2D eigenvalue weighted by Crippen LogP contribution is -2.44. The second-order valence-corrected chi connectivity index (χ2v) is 10.6. The first-order valence-corrected chi connectivity index (χ1v) is 13.1. The maximum absolute atomic E-state index is 13.5. The molecule has 176 valence electrons. The molecule has 2 aromatic carbocycles. The maximum atomic E-state index is 13.5. The zero-order valence-electron chi connectivity index (χ0n) is 18.6. The van der Waals surface area contributed by atoms with E-state index < -0.39 is 21.6 Å². The van der Waals surface area contributed by atoms with Gasteiger partial charge in [-0.1, -0.05) is 48.0 Å². The molecule has 1 heterocycles. The SMILES string of the molecule is O=C1C(NS(=O)(=O)c2ccc(Cl)cc2)=C([n+]2ccc([C@H]3CC=CCC3)cc2)C(=O)c2ccccc21. The standard InChI is InChI=1S/C27H21ClN2O4S/c28-20-10-12-21(13-11-20)35(33,34)29-24-25(27(32)23-9-5-4-8-22(23)26(24)31)30-16-14-19(15-17-30)18-6-2-1-3-7-18/h1-2,4-5,8-18H,3,6-7H2/p+1/t18-/m0/s1. The first kappa shape index (κ1) is 23.2. The van der Waals surface area contributed by atoms with Gasteiger partial charge in [-0.15, -0.1) is 0 Å². The molecular formula is C27H22ClN2O4S+. The van der Waals surface area contributed by atoms with E-state index in [0.29, 0.717) is 10.9 Å². The van der Waals surface area contributed by atoms with E-state index in [0.717, 1.165) is 24.8 Å². The van der Waals surface area contributed by atoms with Crippen LogP contribution in [0.1, 0.15) is 51.5 Å². The number of benzene rings is 2. The number of aromatic nitrogens is 1. The van der Waals surface area contributed by atoms with Crippen LogP contribution >= 0.6 is 11.6 Å². The number of ketones is 2. The van der Waals surface area contributed by atoms with E-state index in [2.05, 4.69) is 16.9 Å². The van der Waals surface area contributed by atoms with Crippen LogP contribution in [0.15, 0.2) is 95.8 Å². The minimum Gasteiger partial charge on any atom is -0.287 e. The van der Waals surface area contributed by atoms with Gasteiger partial charge in [-0.2, -0.15) is 4.57 Å². The molecule has 0 fully saturated rings. The summed E-state index contributed by atoms with van der Waals surface area (Å²) in [6.07, 6.45) is 10.8. The molecule has 1 atom stereocenters. The van der Waals surface area contributed by atoms with Gasteiger partial charge in [0.1, 0.15) is 0 Å². The van der Waals surface area contributed by atoms with Crippen molar-refractivity contribution in [1.29, 1.82) is 0 Å². The molecule has 0 amide bonds. The Morgan fingerprint density at radius 3 is 2.14 bits per heavy atom. The van der Waals surface area contributed by atoms with E-state index in [1.54, 1.807) is 30.6 Å². The van der Waals surface area contributed by atoms with Crippen molar-refractivity contribution >= 4 is 38.9 Å². The molecule has 0 aliphatic heterocycles. The third kappa shape index (κ3) is 4.45. The quantitative estimate of drug-likeness (QED) is 0.403. The number of nitrogens with one attached hydrogen (secondary N) is 1. The van der Waals surface area contributed by atoms with Crippen molar-refractivity contribution in [2.24, 2.45) is 0 Å². The molecule has 6 nitrogen and oxygen atoms in total. The first-order valence-electron chi connectivity index (χ1n) is 11.2. The molecule has 0 unspecified atom stereocenters. The van der Waals surface area contributed by atoms with Gasteiger partial charge < -0.3 is 0 Å². The summed E-state index contributed by atoms with van der Waals surface area (Å²) in [4.78, 5) is 26.9. The summed E-state index contributed by atoms with van der Waals surface area (Å²) in [5.41, 5.74) is 1.19. The molecule has 0 bridgehead atoms. The molecule has 3 aromatic rings. The van der Waals surface area contributed by atoms with Crippen LogP contribution in [0, 0.1) is 0 Å². The Bertz CT molecular complexity index is 1490. The molecule has 35 heavy (non-hydrogen) atoms. The smallest absolute Gasteiger partial charge is 0.287 e. The van der Waals surface area contributed by atoms with Gasteiger partial charge in [0.15, 0.2) is 18.1 Å². The number of pyridine rings is 1. The van der Waals surface area contributed by atoms with E-state index in [9.17, 15) is 18.0 Å². The highest BCUT2D eigenvalue weighted by Crippen LogP contribution is 2.30. The third-order valence-electron chi connectivity index (χ3n) is 6.31. The van der Waals surface area contributed by atoms with Crippen LogP contribution in [-0.4, -0.2) is 20.0 Å². The Kier molecular flexibility index (Phi) is 6.13. The third-order valence-corrected chi connectivity index (χ3v) is 7.93. The number of rotatable bonds is 5. The highest BCUT2D eigenvalue weighted by Gasteiger charge is 2.40. The maximum Gasteiger partial charge on any atom is 0.287 e. The number of halogens is 1. The van der Waals surface area contributed by atoms with Crippen molar-refractivity contribution < 1.29 is 22.6 Å². The van der Waals surface area contributed by atoms with E-state index in [4.69, 9.17) is 11.6 Å². The van der Waals surface area contributed by atoms with Gasteiger partial charge in [0.05, 0.1) is 4.90 Å². The summed E-state index contributed by atoms with van der Waals surface area (Å²) in [5.74, 6) is -0.620. The summed E-state index contributed by atoms with van der Waals surface area (Å²) in [5, 5.41) is 0.380. The van der Waals surface area contributed by atoms with Crippen LogP contribution in [0.2, 0.25) is 5.02 Å². The van der Waals surface area contributed by atoms with Crippen LogP contribution in [-0.2, 0) is 10.0 Å². The second-order valence-electron chi connectivity index (χ2n) is 8.51. The molecule has 0 radical (unpaired) electrons. The van der Waals surface area contributed by atoms with Crippen molar-refractivity contribution in [2.75, 3.05) is 0 Å². The Labute approximate surface area is 208 Å². The number of allylic oxidation sites excluding steroid dienone is 4. The van der Waals surface area contributed by atoms with E-state index in [1.165, 1.54) is 34.9 Å². The number of Topliss-reactive ketones (excluding diaryl/α,β-unsaturated/α-hetero) is 2. The van der Waals surface area contributed by atoms with E-state index >= 15 is 0 Å². The van der Waals surface area contributed by atoms with Gasteiger partial charge in [-0.05, 0) is 55.0 Å². The largest absolute Gasteiger partial charge is 0.287 e. The summed E-state index contributed by atoms with van der Waals surface area (Å²) < 4.78 is 30.2. The number of nitrogens with zero attached hydrogens (tertiary/aromatic N) is 1. The molecule has 1 aromatic heterocycles. The minimum absolute atomic E-state index is 0.0404. The predicted molar refractivity (Wildman–Crippen MR) is 132 cm³/mol. The highest BCUT2D eigenvalue weighted by atomic mass is 35.5. The number of sulfonamides is 1. The first-order chi connectivity index (χ1) is 16.8. The summed E-state index contributed by atoms with van der Waals surface area (Å²) in [6, 6.07) is 15.8. The Morgan fingerprint density at radius 1 is 0.857 bits per heavy atom. The van der Waals surface area contributed by atoms with Gasteiger partial charge in [-0.25, -0.2) is 8.42 Å². The van der Waals surface area contributed by atoms with Gasteiger partial charge in [0.2, 0.25) is 5.78 Å². The van der Waals surface area contributed by atoms with Gasteiger partial charge in [-0.3, -0.25) is 14.3 Å². The number of carbonyl (C=O) groups is 2. The van der Waals surface area contributed by atoms with Crippen molar-refractivity contribution in [3.8, 4) is 0 Å². The summed E-state index contributed by atoms with van der Waals surface area (Å²) in [6.45, 7) is 0. The van der Waals surface area contributed by atoms with Gasteiger partial charge in [0.25, 0.3) is 21.5 Å². The fourth-order valence-electron chi connectivity index (χ4n) is 4.47. The average Bonchev–Trinajstić information content (AvgIpc) is 2.88. The molecule has 2 aliphatic carbocycles. The van der Waals surface area contributed by atoms with Crippen molar-refractivity contribution in [2.45, 2.75) is 30.1 Å². The second kappa shape index (κ2) is 9.24. The van der Waals surface area contributed by atoms with Crippen LogP contribution < -0.4 is 9.29 Å². The number of carbonyl (C=O) groups excluding carboxylic acids is 2. The van der Waals surface area contributed by atoms with Crippen LogP contribution in [0.5, 0.6) is 0 Å². The van der Waals surface area contributed by atoms with Gasteiger partial charge >= 0.3 is 0 Å². The fourth-order valence-corrected chi connectivity index (χ4v) is 5.66. The van der Waals surface area contributed by atoms with E-state index in [-0.39, 0.29) is 27.4 Å². The lowest BCUT2D eigenvalue weighted by Gasteiger charge is -2.19. The zero-order chi connectivity index (χ0) is 24.6. The molecule has 5 rings (SSSR count). The van der Waals surface area contributed by atoms with Gasteiger partial charge in [0, 0.05) is 28.3 Å². The lowest BCUT2D eigenvalue weighted by molar-refractivity contribution is -0.577. The number of fused-ring (bicyclic) bond motifs is 1. The number of hydrogen-bond acceptors (Lipinski definition) is 4. The van der Waals surface area contributed by atoms with Crippen molar-refractivity contribution in [3.05, 3.63) is 113 Å². The van der Waals surface area contributed by atoms with Crippen molar-refractivity contribution in [3.63, 3.8) is 0 Å². The topological polar surface area (TPSA) is 84.2 Å². The molecule has 2 aliphatic rings. The average molecular weight is 506 g/mol. The highest BCUT2D eigenvalue weighted by molar-refractivity contribution is 7.89. The van der Waals surface area contributed by atoms with Crippen LogP contribution in [0.3, 0.4) is 0 Å². The summed E-state index contributed by atoms with van der Waals surface area (Å²) >= 11 is 5.89. The van der Waals surface area contributed by atoms with Crippen LogP contribution in [0.25, 0.3) is 5.70 Å². The van der Waals surface area contributed by atoms with Crippen LogP contribution in [0.4, 0.5) is 0 Å². The molecule has 1 N–H and O–H groups in total. The predicted octanol–water partition coefficient (Wildman–Crippen LogP) is 4.68. The Hall–Kier alpha value is -3.55. The monoisotopic (exact) mass is 505 g/mol. The summed E-state index contributed by atoms with van der Waals surface area (Å²) in [7, 11) is -4.16. The molecule has 0 saturated carbocycles.